The average Bonchev–Trinajstić information content (AvgIpc) is 2.49. The molecule has 0 aliphatic rings. The molecule has 0 bridgehead atoms. The second kappa shape index (κ2) is 8.22. The van der Waals surface area contributed by atoms with Gasteiger partial charge >= 0.3 is 12.1 Å². The molecule has 1 amide bonds. The van der Waals surface area contributed by atoms with Gasteiger partial charge in [-0.2, -0.15) is 0 Å². The highest BCUT2D eigenvalue weighted by Crippen LogP contribution is 2.09. The zero-order chi connectivity index (χ0) is 17.5. The minimum Gasteiger partial charge on any atom is -0.464 e. The first-order valence-electron chi connectivity index (χ1n) is 7.30. The van der Waals surface area contributed by atoms with Crippen molar-refractivity contribution in [2.24, 2.45) is 0 Å². The molecule has 0 saturated heterocycles. The van der Waals surface area contributed by atoms with Crippen LogP contribution < -0.4 is 10.6 Å². The predicted molar refractivity (Wildman–Crippen MR) is 87.4 cm³/mol. The smallest absolute Gasteiger partial charge is 0.412 e. The Bertz CT molecular complexity index is 574. The van der Waals surface area contributed by atoms with E-state index in [1.54, 1.807) is 27.7 Å². The molecule has 0 aliphatic carbocycles. The highest BCUT2D eigenvalue weighted by Gasteiger charge is 2.21. The van der Waals surface area contributed by atoms with Crippen LogP contribution in [0.4, 0.5) is 4.79 Å². The number of hydrogen-bond donors (Lipinski definition) is 2. The van der Waals surface area contributed by atoms with Crippen molar-refractivity contribution in [1.29, 1.82) is 0 Å². The van der Waals surface area contributed by atoms with E-state index in [4.69, 9.17) is 9.47 Å². The standard InChI is InChI=1S/C17H24N2O4/c1-12(18-11-13-9-7-6-8-10-13)14(15(20)22-5)19-16(21)23-17(2,3)4/h6-10,18H,11H2,1-5H3,(H,19,21)/b14-12+. The molecule has 0 spiro atoms. The van der Waals surface area contributed by atoms with Crippen molar-refractivity contribution in [2.45, 2.75) is 39.8 Å². The summed E-state index contributed by atoms with van der Waals surface area (Å²) in [6, 6.07) is 9.70. The summed E-state index contributed by atoms with van der Waals surface area (Å²) in [5, 5.41) is 5.53. The van der Waals surface area contributed by atoms with E-state index < -0.39 is 17.7 Å². The fourth-order valence-electron chi connectivity index (χ4n) is 1.72. The van der Waals surface area contributed by atoms with E-state index in [9.17, 15) is 9.59 Å². The number of alkyl carbamates (subject to hydrolysis) is 1. The maximum Gasteiger partial charge on any atom is 0.412 e. The Labute approximate surface area is 136 Å². The average molecular weight is 320 g/mol. The van der Waals surface area contributed by atoms with Crippen LogP contribution in [0.25, 0.3) is 0 Å². The van der Waals surface area contributed by atoms with Gasteiger partial charge in [-0.25, -0.2) is 9.59 Å². The van der Waals surface area contributed by atoms with Gasteiger partial charge in [0.05, 0.1) is 7.11 Å². The fourth-order valence-corrected chi connectivity index (χ4v) is 1.72. The SMILES string of the molecule is COC(=O)/C(NC(=O)OC(C)(C)C)=C(/C)NCc1ccccc1. The molecular formula is C17H24N2O4. The molecule has 0 saturated carbocycles. The van der Waals surface area contributed by atoms with Gasteiger partial charge in [0.2, 0.25) is 0 Å². The number of ether oxygens (including phenoxy) is 2. The summed E-state index contributed by atoms with van der Waals surface area (Å²) in [5.74, 6) is -0.645. The second-order valence-corrected chi connectivity index (χ2v) is 5.96. The van der Waals surface area contributed by atoms with E-state index in [0.717, 1.165) is 5.56 Å². The summed E-state index contributed by atoms with van der Waals surface area (Å²) >= 11 is 0. The van der Waals surface area contributed by atoms with Crippen molar-refractivity contribution in [1.82, 2.24) is 10.6 Å². The van der Waals surface area contributed by atoms with Gasteiger partial charge in [-0.1, -0.05) is 30.3 Å². The molecule has 2 N–H and O–H groups in total. The lowest BCUT2D eigenvalue weighted by atomic mass is 10.2. The number of allylic oxidation sites excluding steroid dienone is 1. The highest BCUT2D eigenvalue weighted by molar-refractivity contribution is 5.92. The van der Waals surface area contributed by atoms with Gasteiger partial charge in [0.1, 0.15) is 11.3 Å². The summed E-state index contributed by atoms with van der Waals surface area (Å²) in [6.07, 6.45) is -0.709. The lowest BCUT2D eigenvalue weighted by molar-refractivity contribution is -0.136. The first-order valence-corrected chi connectivity index (χ1v) is 7.30. The van der Waals surface area contributed by atoms with Gasteiger partial charge in [0, 0.05) is 12.2 Å². The van der Waals surface area contributed by atoms with Crippen LogP contribution in [-0.2, 0) is 20.8 Å². The molecule has 1 rings (SSSR count). The summed E-state index contributed by atoms with van der Waals surface area (Å²) in [6.45, 7) is 7.44. The third-order valence-corrected chi connectivity index (χ3v) is 2.79. The van der Waals surface area contributed by atoms with Gasteiger partial charge < -0.3 is 14.8 Å². The minimum atomic E-state index is -0.709. The van der Waals surface area contributed by atoms with Gasteiger partial charge in [-0.3, -0.25) is 5.32 Å². The van der Waals surface area contributed by atoms with E-state index in [-0.39, 0.29) is 5.70 Å². The molecule has 0 fully saturated rings. The molecule has 0 unspecified atom stereocenters. The number of methoxy groups -OCH3 is 1. The Morgan fingerprint density at radius 2 is 1.74 bits per heavy atom. The van der Waals surface area contributed by atoms with Crippen LogP contribution >= 0.6 is 0 Å². The highest BCUT2D eigenvalue weighted by atomic mass is 16.6. The van der Waals surface area contributed by atoms with Crippen LogP contribution in [0.1, 0.15) is 33.3 Å². The molecule has 1 aromatic rings. The molecule has 0 aliphatic heterocycles. The lowest BCUT2D eigenvalue weighted by Crippen LogP contribution is -2.36. The van der Waals surface area contributed by atoms with E-state index in [1.165, 1.54) is 7.11 Å². The molecule has 1 aromatic carbocycles. The molecule has 23 heavy (non-hydrogen) atoms. The zero-order valence-corrected chi connectivity index (χ0v) is 14.2. The van der Waals surface area contributed by atoms with Crippen molar-refractivity contribution >= 4 is 12.1 Å². The molecule has 0 radical (unpaired) electrons. The zero-order valence-electron chi connectivity index (χ0n) is 14.2. The van der Waals surface area contributed by atoms with Crippen molar-refractivity contribution in [3.63, 3.8) is 0 Å². The quantitative estimate of drug-likeness (QED) is 0.644. The summed E-state index contributed by atoms with van der Waals surface area (Å²) in [7, 11) is 1.25. The third-order valence-electron chi connectivity index (χ3n) is 2.79. The fraction of sp³-hybridized carbons (Fsp3) is 0.412. The lowest BCUT2D eigenvalue weighted by Gasteiger charge is -2.21. The van der Waals surface area contributed by atoms with E-state index in [2.05, 4.69) is 10.6 Å². The van der Waals surface area contributed by atoms with Crippen LogP contribution in [0, 0.1) is 0 Å². The maximum absolute atomic E-state index is 11.9. The van der Waals surface area contributed by atoms with Crippen LogP contribution in [0.15, 0.2) is 41.7 Å². The Morgan fingerprint density at radius 3 is 2.26 bits per heavy atom. The number of benzene rings is 1. The molecule has 6 heteroatoms. The van der Waals surface area contributed by atoms with Gasteiger partial charge in [0.25, 0.3) is 0 Å². The van der Waals surface area contributed by atoms with Crippen molar-refractivity contribution in [3.8, 4) is 0 Å². The van der Waals surface area contributed by atoms with Crippen LogP contribution in [0.2, 0.25) is 0 Å². The van der Waals surface area contributed by atoms with Crippen LogP contribution in [0.3, 0.4) is 0 Å². The van der Waals surface area contributed by atoms with Gasteiger partial charge in [0.15, 0.2) is 0 Å². The first-order chi connectivity index (χ1) is 10.7. The topological polar surface area (TPSA) is 76.7 Å². The normalized spacial score (nSPS) is 12.0. The largest absolute Gasteiger partial charge is 0.464 e. The maximum atomic E-state index is 11.9. The van der Waals surface area contributed by atoms with Crippen LogP contribution in [-0.4, -0.2) is 24.8 Å². The minimum absolute atomic E-state index is 0.0256. The van der Waals surface area contributed by atoms with E-state index in [1.807, 2.05) is 30.3 Å². The molecule has 0 heterocycles. The van der Waals surface area contributed by atoms with Crippen molar-refractivity contribution in [3.05, 3.63) is 47.3 Å². The number of rotatable bonds is 5. The van der Waals surface area contributed by atoms with E-state index >= 15 is 0 Å². The molecular weight excluding hydrogens is 296 g/mol. The van der Waals surface area contributed by atoms with Gasteiger partial charge in [-0.05, 0) is 33.3 Å². The van der Waals surface area contributed by atoms with Crippen molar-refractivity contribution < 1.29 is 19.1 Å². The number of nitrogens with one attached hydrogen (secondary N) is 2. The second-order valence-electron chi connectivity index (χ2n) is 5.96. The summed E-state index contributed by atoms with van der Waals surface area (Å²) in [4.78, 5) is 23.7. The molecule has 0 aromatic heterocycles. The third kappa shape index (κ3) is 6.86. The molecule has 6 nitrogen and oxygen atoms in total. The Balaban J connectivity index is 2.82. The number of hydrogen-bond acceptors (Lipinski definition) is 5. The van der Waals surface area contributed by atoms with Gasteiger partial charge in [-0.15, -0.1) is 0 Å². The summed E-state index contributed by atoms with van der Waals surface area (Å²) in [5.41, 5.74) is 0.911. The Kier molecular flexibility index (Phi) is 6.63. The Hall–Kier alpha value is -2.50. The number of carbonyl (C=O) groups is 2. The van der Waals surface area contributed by atoms with Crippen LogP contribution in [0.5, 0.6) is 0 Å². The number of amides is 1. The molecule has 0 atom stereocenters. The molecule has 126 valence electrons. The number of esters is 1. The van der Waals surface area contributed by atoms with Crippen molar-refractivity contribution in [2.75, 3.05) is 7.11 Å². The van der Waals surface area contributed by atoms with E-state index in [0.29, 0.717) is 12.2 Å². The Morgan fingerprint density at radius 1 is 1.13 bits per heavy atom. The first kappa shape index (κ1) is 18.5. The number of carbonyl (C=O) groups excluding carboxylic acids is 2. The monoisotopic (exact) mass is 320 g/mol. The predicted octanol–water partition coefficient (Wildman–Crippen LogP) is 2.71. The summed E-state index contributed by atoms with van der Waals surface area (Å²) < 4.78 is 9.87.